The predicted octanol–water partition coefficient (Wildman–Crippen LogP) is 0.759. The molecule has 1 unspecified atom stereocenters. The van der Waals surface area contributed by atoms with Crippen molar-refractivity contribution >= 4 is 5.97 Å². The van der Waals surface area contributed by atoms with Crippen molar-refractivity contribution in [2.24, 2.45) is 0 Å². The maximum Gasteiger partial charge on any atom is 0.322 e. The number of aliphatic carboxylic acids is 1. The molecule has 110 valence electrons. The zero-order chi connectivity index (χ0) is 15.0. The molecule has 0 spiro atoms. The molecule has 1 aliphatic heterocycles. The number of hydrogen-bond acceptors (Lipinski definition) is 5. The van der Waals surface area contributed by atoms with Crippen LogP contribution in [-0.2, 0) is 24.4 Å². The molecule has 0 saturated carbocycles. The van der Waals surface area contributed by atoms with Crippen molar-refractivity contribution in [2.45, 2.75) is 39.5 Å². The van der Waals surface area contributed by atoms with Crippen molar-refractivity contribution in [3.8, 4) is 0 Å². The molecule has 1 N–H and O–H groups in total. The first-order valence-electron chi connectivity index (χ1n) is 6.80. The summed E-state index contributed by atoms with van der Waals surface area (Å²) < 4.78 is 1.80. The topological polar surface area (TPSA) is 84.1 Å². The Morgan fingerprint density at radius 1 is 1.43 bits per heavy atom. The standard InChI is InChI=1S/C14H17N5O2/c1-9-3-10(2)16-11(4-9)5-18-7-13-17-15-8-19(13)6-12(18)14(20)21/h3-4,8,12H,5-7H2,1-2H3,(H,20,21). The molecule has 3 heterocycles. The lowest BCUT2D eigenvalue weighted by Crippen LogP contribution is -2.47. The first kappa shape index (κ1) is 13.7. The Balaban J connectivity index is 1.87. The molecule has 3 rings (SSSR count). The summed E-state index contributed by atoms with van der Waals surface area (Å²) in [7, 11) is 0. The first-order valence-corrected chi connectivity index (χ1v) is 6.80. The van der Waals surface area contributed by atoms with Crippen molar-refractivity contribution in [2.75, 3.05) is 0 Å². The van der Waals surface area contributed by atoms with E-state index in [1.807, 2.05) is 30.9 Å². The van der Waals surface area contributed by atoms with E-state index in [1.54, 1.807) is 10.9 Å². The second-order valence-electron chi connectivity index (χ2n) is 5.44. The van der Waals surface area contributed by atoms with Crippen LogP contribution in [0.2, 0.25) is 0 Å². The smallest absolute Gasteiger partial charge is 0.322 e. The quantitative estimate of drug-likeness (QED) is 0.897. The predicted molar refractivity (Wildman–Crippen MR) is 74.4 cm³/mol. The van der Waals surface area contributed by atoms with Crippen molar-refractivity contribution in [3.63, 3.8) is 0 Å². The summed E-state index contributed by atoms with van der Waals surface area (Å²) in [4.78, 5) is 17.9. The zero-order valence-corrected chi connectivity index (χ0v) is 12.0. The monoisotopic (exact) mass is 287 g/mol. The maximum absolute atomic E-state index is 11.5. The van der Waals surface area contributed by atoms with Gasteiger partial charge in [0.05, 0.1) is 18.8 Å². The highest BCUT2D eigenvalue weighted by molar-refractivity contribution is 5.73. The van der Waals surface area contributed by atoms with E-state index in [2.05, 4.69) is 15.2 Å². The minimum absolute atomic E-state index is 0.364. The number of hydrogen-bond donors (Lipinski definition) is 1. The normalized spacial score (nSPS) is 18.5. The van der Waals surface area contributed by atoms with Crippen LogP contribution in [0.1, 0.15) is 22.8 Å². The molecule has 0 aliphatic carbocycles. The van der Waals surface area contributed by atoms with E-state index in [4.69, 9.17) is 0 Å². The van der Waals surface area contributed by atoms with Gasteiger partial charge in [-0.1, -0.05) is 0 Å². The number of rotatable bonds is 3. The van der Waals surface area contributed by atoms with Crippen LogP contribution in [0.3, 0.4) is 0 Å². The molecule has 0 radical (unpaired) electrons. The number of aryl methyl sites for hydroxylation is 2. The van der Waals surface area contributed by atoms with Gasteiger partial charge in [-0.2, -0.15) is 0 Å². The maximum atomic E-state index is 11.5. The van der Waals surface area contributed by atoms with E-state index in [0.717, 1.165) is 22.8 Å². The molecule has 0 amide bonds. The molecule has 0 saturated heterocycles. The Bertz CT molecular complexity index is 662. The van der Waals surface area contributed by atoms with E-state index in [-0.39, 0.29) is 0 Å². The van der Waals surface area contributed by atoms with Crippen LogP contribution in [0.25, 0.3) is 0 Å². The Morgan fingerprint density at radius 3 is 2.95 bits per heavy atom. The third-order valence-electron chi connectivity index (χ3n) is 3.65. The number of nitrogens with zero attached hydrogens (tertiary/aromatic N) is 5. The molecule has 21 heavy (non-hydrogen) atoms. The number of carbonyl (C=O) groups is 1. The summed E-state index contributed by atoms with van der Waals surface area (Å²) in [6, 6.07) is 3.41. The highest BCUT2D eigenvalue weighted by atomic mass is 16.4. The van der Waals surface area contributed by atoms with Crippen LogP contribution in [0, 0.1) is 13.8 Å². The average molecular weight is 287 g/mol. The fourth-order valence-electron chi connectivity index (χ4n) is 2.76. The van der Waals surface area contributed by atoms with Gasteiger partial charge >= 0.3 is 5.97 Å². The number of carboxylic acid groups (broad SMARTS) is 1. The second-order valence-corrected chi connectivity index (χ2v) is 5.44. The van der Waals surface area contributed by atoms with Crippen LogP contribution in [-0.4, -0.2) is 41.8 Å². The van der Waals surface area contributed by atoms with Crippen LogP contribution in [0.5, 0.6) is 0 Å². The van der Waals surface area contributed by atoms with E-state index in [0.29, 0.717) is 19.6 Å². The van der Waals surface area contributed by atoms with Gasteiger partial charge < -0.3 is 9.67 Å². The van der Waals surface area contributed by atoms with Crippen LogP contribution in [0.15, 0.2) is 18.5 Å². The lowest BCUT2D eigenvalue weighted by molar-refractivity contribution is -0.145. The number of fused-ring (bicyclic) bond motifs is 1. The third kappa shape index (κ3) is 2.78. The van der Waals surface area contributed by atoms with Gasteiger partial charge in [-0.15, -0.1) is 10.2 Å². The van der Waals surface area contributed by atoms with E-state index >= 15 is 0 Å². The van der Waals surface area contributed by atoms with E-state index < -0.39 is 12.0 Å². The molecule has 2 aromatic heterocycles. The van der Waals surface area contributed by atoms with Crippen LogP contribution >= 0.6 is 0 Å². The lowest BCUT2D eigenvalue weighted by atomic mass is 10.1. The first-order chi connectivity index (χ1) is 10.0. The summed E-state index contributed by atoms with van der Waals surface area (Å²) in [5.41, 5.74) is 2.95. The highest BCUT2D eigenvalue weighted by Gasteiger charge is 2.32. The van der Waals surface area contributed by atoms with Gasteiger partial charge in [-0.3, -0.25) is 14.7 Å². The molecule has 0 fully saturated rings. The van der Waals surface area contributed by atoms with E-state index in [9.17, 15) is 9.90 Å². The van der Waals surface area contributed by atoms with Gasteiger partial charge in [-0.25, -0.2) is 0 Å². The Kier molecular flexibility index (Phi) is 3.42. The number of carboxylic acids is 1. The molecule has 7 nitrogen and oxygen atoms in total. The SMILES string of the molecule is Cc1cc(C)nc(CN2Cc3nncn3CC2C(=O)O)c1. The van der Waals surface area contributed by atoms with Gasteiger partial charge in [-0.05, 0) is 31.5 Å². The fourth-order valence-corrected chi connectivity index (χ4v) is 2.76. The fraction of sp³-hybridized carbons (Fsp3) is 0.429. The zero-order valence-electron chi connectivity index (χ0n) is 12.0. The number of aromatic nitrogens is 4. The van der Waals surface area contributed by atoms with Crippen LogP contribution in [0.4, 0.5) is 0 Å². The third-order valence-corrected chi connectivity index (χ3v) is 3.65. The minimum Gasteiger partial charge on any atom is -0.480 e. The van der Waals surface area contributed by atoms with Crippen LogP contribution < -0.4 is 0 Å². The molecule has 7 heteroatoms. The summed E-state index contributed by atoms with van der Waals surface area (Å²) >= 11 is 0. The van der Waals surface area contributed by atoms with Crippen molar-refractivity contribution in [3.05, 3.63) is 41.2 Å². The largest absolute Gasteiger partial charge is 0.480 e. The van der Waals surface area contributed by atoms with Crippen molar-refractivity contribution in [1.29, 1.82) is 0 Å². The molecule has 1 atom stereocenters. The Labute approximate surface area is 122 Å². The Hall–Kier alpha value is -2.28. The van der Waals surface area contributed by atoms with Gasteiger partial charge in [0.15, 0.2) is 0 Å². The summed E-state index contributed by atoms with van der Waals surface area (Å²) in [5, 5.41) is 17.3. The summed E-state index contributed by atoms with van der Waals surface area (Å²) in [6.07, 6.45) is 1.58. The Morgan fingerprint density at radius 2 is 2.24 bits per heavy atom. The lowest BCUT2D eigenvalue weighted by Gasteiger charge is -2.32. The molecule has 1 aliphatic rings. The number of pyridine rings is 1. The average Bonchev–Trinajstić information content (AvgIpc) is 2.83. The molecular weight excluding hydrogens is 270 g/mol. The molecular formula is C14H17N5O2. The molecule has 0 bridgehead atoms. The minimum atomic E-state index is -0.835. The summed E-state index contributed by atoms with van der Waals surface area (Å²) in [6.45, 7) is 5.28. The van der Waals surface area contributed by atoms with Crippen molar-refractivity contribution < 1.29 is 9.90 Å². The van der Waals surface area contributed by atoms with Crippen molar-refractivity contribution in [1.82, 2.24) is 24.6 Å². The van der Waals surface area contributed by atoms with E-state index in [1.165, 1.54) is 0 Å². The molecule has 2 aromatic rings. The van der Waals surface area contributed by atoms with Gasteiger partial charge in [0.25, 0.3) is 0 Å². The van der Waals surface area contributed by atoms with Gasteiger partial charge in [0, 0.05) is 12.2 Å². The summed E-state index contributed by atoms with van der Waals surface area (Å²) in [5.74, 6) is -0.0457. The van der Waals surface area contributed by atoms with Gasteiger partial charge in [0.1, 0.15) is 18.2 Å². The highest BCUT2D eigenvalue weighted by Crippen LogP contribution is 2.19. The second kappa shape index (κ2) is 5.25. The molecule has 0 aromatic carbocycles. The van der Waals surface area contributed by atoms with Gasteiger partial charge in [0.2, 0.25) is 0 Å².